The number of carbonyl (C=O) groups is 1. The number of ether oxygens (including phenoxy) is 1. The third-order valence-corrected chi connectivity index (χ3v) is 5.28. The number of nitrogens with zero attached hydrogens (tertiary/aromatic N) is 1. The first-order chi connectivity index (χ1) is 14.5. The molecule has 4 aromatic rings. The lowest BCUT2D eigenvalue weighted by Gasteiger charge is -2.15. The number of rotatable bonds is 4. The number of fused-ring (bicyclic) bond motifs is 1. The van der Waals surface area contributed by atoms with Crippen molar-refractivity contribution < 1.29 is 9.53 Å². The highest BCUT2D eigenvalue weighted by Crippen LogP contribution is 2.31. The molecule has 1 N–H and O–H groups in total. The maximum Gasteiger partial charge on any atom is 0.256 e. The molecular formula is C24H18Cl2N2O2. The third-order valence-electron chi connectivity index (χ3n) is 4.85. The van der Waals surface area contributed by atoms with Gasteiger partial charge in [-0.25, -0.2) is 4.98 Å². The number of pyridine rings is 1. The Kier molecular flexibility index (Phi) is 5.62. The first-order valence-electron chi connectivity index (χ1n) is 9.27. The predicted octanol–water partition coefficient (Wildman–Crippen LogP) is 6.78. The molecule has 1 aromatic heterocycles. The Bertz CT molecular complexity index is 1230. The molecule has 0 aliphatic heterocycles. The molecule has 0 saturated carbocycles. The summed E-state index contributed by atoms with van der Waals surface area (Å²) in [5, 5.41) is 4.59. The largest absolute Gasteiger partial charge is 0.497 e. The van der Waals surface area contributed by atoms with E-state index in [2.05, 4.69) is 5.32 Å². The van der Waals surface area contributed by atoms with Crippen LogP contribution in [0.3, 0.4) is 0 Å². The highest BCUT2D eigenvalue weighted by atomic mass is 35.5. The zero-order chi connectivity index (χ0) is 21.3. The first kappa shape index (κ1) is 20.2. The molecule has 0 aliphatic carbocycles. The van der Waals surface area contributed by atoms with Crippen molar-refractivity contribution in [1.29, 1.82) is 0 Å². The van der Waals surface area contributed by atoms with E-state index in [0.29, 0.717) is 21.3 Å². The summed E-state index contributed by atoms with van der Waals surface area (Å²) in [7, 11) is 1.62. The molecule has 0 fully saturated rings. The van der Waals surface area contributed by atoms with Crippen LogP contribution in [-0.2, 0) is 0 Å². The number of hydrogen-bond donors (Lipinski definition) is 1. The van der Waals surface area contributed by atoms with Crippen LogP contribution in [0.2, 0.25) is 10.0 Å². The van der Waals surface area contributed by atoms with E-state index in [9.17, 15) is 4.79 Å². The predicted molar refractivity (Wildman–Crippen MR) is 123 cm³/mol. The number of halogens is 2. The molecule has 0 saturated heterocycles. The summed E-state index contributed by atoms with van der Waals surface area (Å²) in [6, 6.07) is 20.1. The molecule has 1 heterocycles. The van der Waals surface area contributed by atoms with E-state index < -0.39 is 0 Å². The van der Waals surface area contributed by atoms with E-state index in [4.69, 9.17) is 32.9 Å². The Balaban J connectivity index is 1.85. The number of carbonyl (C=O) groups excluding carboxylic acids is 1. The maximum absolute atomic E-state index is 13.3. The van der Waals surface area contributed by atoms with Crippen molar-refractivity contribution in [2.75, 3.05) is 12.4 Å². The second-order valence-electron chi connectivity index (χ2n) is 6.82. The Hall–Kier alpha value is -3.08. The molecule has 0 unspecified atom stereocenters. The first-order valence-corrected chi connectivity index (χ1v) is 10.0. The minimum Gasteiger partial charge on any atom is -0.497 e. The second kappa shape index (κ2) is 8.34. The zero-order valence-corrected chi connectivity index (χ0v) is 17.9. The Morgan fingerprint density at radius 2 is 1.63 bits per heavy atom. The highest BCUT2D eigenvalue weighted by Gasteiger charge is 2.19. The fourth-order valence-electron chi connectivity index (χ4n) is 3.45. The molecule has 1 amide bonds. The van der Waals surface area contributed by atoms with Crippen LogP contribution in [0.25, 0.3) is 22.2 Å². The van der Waals surface area contributed by atoms with Crippen LogP contribution in [0, 0.1) is 6.92 Å². The van der Waals surface area contributed by atoms with Gasteiger partial charge in [0.1, 0.15) is 5.75 Å². The molecule has 0 aliphatic rings. The van der Waals surface area contributed by atoms with Gasteiger partial charge in [-0.3, -0.25) is 4.79 Å². The topological polar surface area (TPSA) is 51.2 Å². The Morgan fingerprint density at radius 1 is 0.967 bits per heavy atom. The zero-order valence-electron chi connectivity index (χ0n) is 16.4. The smallest absolute Gasteiger partial charge is 0.256 e. The van der Waals surface area contributed by atoms with Gasteiger partial charge >= 0.3 is 0 Å². The number of nitrogens with one attached hydrogen (secondary N) is 1. The van der Waals surface area contributed by atoms with Gasteiger partial charge < -0.3 is 10.1 Å². The molecule has 3 aromatic carbocycles. The van der Waals surface area contributed by atoms with Gasteiger partial charge in [0, 0.05) is 26.7 Å². The Morgan fingerprint density at radius 3 is 2.30 bits per heavy atom. The van der Waals surface area contributed by atoms with Gasteiger partial charge in [-0.15, -0.1) is 0 Å². The van der Waals surface area contributed by atoms with Gasteiger partial charge in [-0.2, -0.15) is 0 Å². The number of benzene rings is 3. The average molecular weight is 437 g/mol. The molecule has 0 atom stereocenters. The fourth-order valence-corrected chi connectivity index (χ4v) is 3.98. The van der Waals surface area contributed by atoms with Gasteiger partial charge in [0.05, 0.1) is 23.9 Å². The van der Waals surface area contributed by atoms with E-state index in [-0.39, 0.29) is 5.91 Å². The summed E-state index contributed by atoms with van der Waals surface area (Å²) >= 11 is 12.2. The number of hydrogen-bond acceptors (Lipinski definition) is 3. The molecule has 0 bridgehead atoms. The van der Waals surface area contributed by atoms with Crippen molar-refractivity contribution in [2.24, 2.45) is 0 Å². The van der Waals surface area contributed by atoms with Crippen molar-refractivity contribution >= 4 is 45.7 Å². The number of aromatic nitrogens is 1. The molecule has 150 valence electrons. The normalized spacial score (nSPS) is 10.8. The van der Waals surface area contributed by atoms with Crippen molar-refractivity contribution in [3.63, 3.8) is 0 Å². The van der Waals surface area contributed by atoms with Gasteiger partial charge in [0.2, 0.25) is 0 Å². The van der Waals surface area contributed by atoms with Crippen LogP contribution in [0.5, 0.6) is 5.75 Å². The van der Waals surface area contributed by atoms with Crippen LogP contribution in [-0.4, -0.2) is 18.0 Å². The molecule has 30 heavy (non-hydrogen) atoms. The number of anilines is 1. The quantitative estimate of drug-likeness (QED) is 0.383. The molecule has 6 heteroatoms. The van der Waals surface area contributed by atoms with Crippen LogP contribution in [0.15, 0.2) is 66.7 Å². The van der Waals surface area contributed by atoms with Crippen molar-refractivity contribution in [1.82, 2.24) is 4.98 Å². The average Bonchev–Trinajstić information content (AvgIpc) is 2.72. The SMILES string of the molecule is COc1ccc(-c2nc3ccccc3c(C(=O)Nc3cc(Cl)cc(Cl)c3)c2C)cc1. The summed E-state index contributed by atoms with van der Waals surface area (Å²) in [4.78, 5) is 18.1. The van der Waals surface area contributed by atoms with Gasteiger partial charge in [-0.05, 0) is 61.0 Å². The fraction of sp³-hybridized carbons (Fsp3) is 0.0833. The van der Waals surface area contributed by atoms with E-state index >= 15 is 0 Å². The summed E-state index contributed by atoms with van der Waals surface area (Å²) in [5.41, 5.74) is 4.25. The number of amides is 1. The molecular weight excluding hydrogens is 419 g/mol. The minimum absolute atomic E-state index is 0.251. The van der Waals surface area contributed by atoms with Crippen molar-refractivity contribution in [3.8, 4) is 17.0 Å². The summed E-state index contributed by atoms with van der Waals surface area (Å²) in [5.74, 6) is 0.507. The van der Waals surface area contributed by atoms with Gasteiger partial charge in [-0.1, -0.05) is 41.4 Å². The number of methoxy groups -OCH3 is 1. The monoisotopic (exact) mass is 436 g/mol. The highest BCUT2D eigenvalue weighted by molar-refractivity contribution is 6.35. The summed E-state index contributed by atoms with van der Waals surface area (Å²) in [6.07, 6.45) is 0. The van der Waals surface area contributed by atoms with Crippen LogP contribution >= 0.6 is 23.2 Å². The van der Waals surface area contributed by atoms with Crippen LogP contribution in [0.1, 0.15) is 15.9 Å². The lowest BCUT2D eigenvalue weighted by Crippen LogP contribution is -2.15. The summed E-state index contributed by atoms with van der Waals surface area (Å²) in [6.45, 7) is 1.90. The van der Waals surface area contributed by atoms with E-state index in [1.54, 1.807) is 25.3 Å². The van der Waals surface area contributed by atoms with Crippen LogP contribution < -0.4 is 10.1 Å². The van der Waals surface area contributed by atoms with Crippen molar-refractivity contribution in [2.45, 2.75) is 6.92 Å². The lowest BCUT2D eigenvalue weighted by molar-refractivity contribution is 0.102. The lowest BCUT2D eigenvalue weighted by atomic mass is 9.97. The van der Waals surface area contributed by atoms with Gasteiger partial charge in [0.25, 0.3) is 5.91 Å². The van der Waals surface area contributed by atoms with Crippen LogP contribution in [0.4, 0.5) is 5.69 Å². The van der Waals surface area contributed by atoms with E-state index in [1.807, 2.05) is 55.5 Å². The number of para-hydroxylation sites is 1. The minimum atomic E-state index is -0.251. The van der Waals surface area contributed by atoms with Gasteiger partial charge in [0.15, 0.2) is 0 Å². The second-order valence-corrected chi connectivity index (χ2v) is 7.69. The van der Waals surface area contributed by atoms with E-state index in [1.165, 1.54) is 0 Å². The standard InChI is InChI=1S/C24H18Cl2N2O2/c1-14-22(24(29)27-18-12-16(25)11-17(26)13-18)20-5-3-4-6-21(20)28-23(14)15-7-9-19(30-2)10-8-15/h3-13H,1-2H3,(H,27,29). The third kappa shape index (κ3) is 3.97. The summed E-state index contributed by atoms with van der Waals surface area (Å²) < 4.78 is 5.25. The molecule has 0 spiro atoms. The van der Waals surface area contributed by atoms with Crippen molar-refractivity contribution in [3.05, 3.63) is 87.9 Å². The molecule has 4 rings (SSSR count). The molecule has 0 radical (unpaired) electrons. The van der Waals surface area contributed by atoms with E-state index in [0.717, 1.165) is 33.5 Å². The molecule has 4 nitrogen and oxygen atoms in total. The maximum atomic E-state index is 13.3. The Labute approximate surface area is 184 Å².